The van der Waals surface area contributed by atoms with E-state index in [0.29, 0.717) is 0 Å². The predicted octanol–water partition coefficient (Wildman–Crippen LogP) is 5.45. The molecule has 0 unspecified atom stereocenters. The van der Waals surface area contributed by atoms with Crippen molar-refractivity contribution in [1.29, 1.82) is 0 Å². The monoisotopic (exact) mass is 395 g/mol. The first-order valence-electron chi connectivity index (χ1n) is 9.35. The zero-order valence-electron chi connectivity index (χ0n) is 17.2. The molecule has 0 saturated heterocycles. The van der Waals surface area contributed by atoms with Crippen molar-refractivity contribution in [3.8, 4) is 0 Å². The first kappa shape index (κ1) is 18.5. The van der Waals surface area contributed by atoms with E-state index >= 15 is 0 Å². The summed E-state index contributed by atoms with van der Waals surface area (Å²) in [6.07, 6.45) is 0. The van der Waals surface area contributed by atoms with Crippen LogP contribution in [-0.4, -0.2) is 13.6 Å². The third kappa shape index (κ3) is 3.04. The molecule has 0 saturated carbocycles. The molecular weight excluding hydrogens is 363 g/mol. The Kier molecular flexibility index (Phi) is 4.80. The molecule has 0 aliphatic carbocycles. The molecule has 1 heterocycles. The van der Waals surface area contributed by atoms with Gasteiger partial charge in [-0.2, -0.15) is 0 Å². The molecule has 2 aromatic rings. The van der Waals surface area contributed by atoms with Crippen molar-refractivity contribution in [3.63, 3.8) is 0 Å². The van der Waals surface area contributed by atoms with Gasteiger partial charge in [0.05, 0.1) is 0 Å². The maximum absolute atomic E-state index is 2.41. The molecule has 2 aromatic carbocycles. The van der Waals surface area contributed by atoms with Crippen LogP contribution in [0, 0.1) is 41.5 Å². The number of hydrogen-bond donors (Lipinski definition) is 0. The van der Waals surface area contributed by atoms with E-state index in [-0.39, 0.29) is 0 Å². The fourth-order valence-electron chi connectivity index (χ4n) is 5.26. The summed E-state index contributed by atoms with van der Waals surface area (Å²) in [6, 6.07) is 9.64. The zero-order chi connectivity index (χ0) is 18.5. The average Bonchev–Trinajstić information content (AvgIpc) is 2.72. The second-order valence-electron chi connectivity index (χ2n) is 8.34. The molecule has 0 aromatic heterocycles. The quantitative estimate of drug-likeness (QED) is 0.469. The van der Waals surface area contributed by atoms with Crippen molar-refractivity contribution >= 4 is 22.3 Å². The van der Waals surface area contributed by atoms with Gasteiger partial charge in [0, 0.05) is 0 Å². The van der Waals surface area contributed by atoms with Gasteiger partial charge in [-0.25, -0.2) is 0 Å². The summed E-state index contributed by atoms with van der Waals surface area (Å²) in [7, 11) is 0. The molecule has 0 nitrogen and oxygen atoms in total. The van der Waals surface area contributed by atoms with E-state index in [1.54, 1.807) is 19.8 Å². The van der Waals surface area contributed by atoms with E-state index in [1.807, 2.05) is 0 Å². The van der Waals surface area contributed by atoms with Crippen LogP contribution in [0.25, 0.3) is 0 Å². The molecule has 1 aliphatic heterocycles. The van der Waals surface area contributed by atoms with Gasteiger partial charge < -0.3 is 0 Å². The third-order valence-electron chi connectivity index (χ3n) is 5.87. The molecule has 0 radical (unpaired) electrons. The van der Waals surface area contributed by atoms with E-state index in [1.165, 1.54) is 43.8 Å². The standard InChI is InChI=1S/C24H32As/c1-15-9-17(3)23(18(4)10-15)25(13-21(7)22(8)14-25)24-19(5)11-16(2)12-20(24)6/h9-12H,13-14H2,1-8H3/q+1. The Labute approximate surface area is 156 Å². The van der Waals surface area contributed by atoms with Crippen molar-refractivity contribution in [2.45, 2.75) is 65.8 Å². The third-order valence-corrected chi connectivity index (χ3v) is 16.7. The van der Waals surface area contributed by atoms with Crippen LogP contribution in [0.15, 0.2) is 35.4 Å². The topological polar surface area (TPSA) is 0 Å². The van der Waals surface area contributed by atoms with Gasteiger partial charge in [-0.15, -0.1) is 0 Å². The second kappa shape index (κ2) is 6.47. The van der Waals surface area contributed by atoms with Gasteiger partial charge in [0.2, 0.25) is 0 Å². The van der Waals surface area contributed by atoms with Crippen LogP contribution in [-0.2, 0) is 0 Å². The molecular formula is C24H32As+. The Morgan fingerprint density at radius 1 is 0.520 bits per heavy atom. The molecule has 3 rings (SSSR count). The summed E-state index contributed by atoms with van der Waals surface area (Å²) in [5.41, 5.74) is 12.2. The van der Waals surface area contributed by atoms with Crippen molar-refractivity contribution in [1.82, 2.24) is 0 Å². The Morgan fingerprint density at radius 3 is 1.08 bits per heavy atom. The van der Waals surface area contributed by atoms with Gasteiger partial charge in [0.15, 0.2) is 0 Å². The molecule has 132 valence electrons. The van der Waals surface area contributed by atoms with Gasteiger partial charge in [0.1, 0.15) is 0 Å². The van der Waals surface area contributed by atoms with Gasteiger partial charge in [-0.3, -0.25) is 0 Å². The first-order chi connectivity index (χ1) is 11.7. The molecule has 0 spiro atoms. The first-order valence-corrected chi connectivity index (χ1v) is 13.9. The Hall–Kier alpha value is -1.26. The van der Waals surface area contributed by atoms with Gasteiger partial charge in [0.25, 0.3) is 0 Å². The summed E-state index contributed by atoms with van der Waals surface area (Å²) >= 11 is -2.26. The van der Waals surface area contributed by atoms with E-state index in [4.69, 9.17) is 0 Å². The molecule has 1 aliphatic rings. The van der Waals surface area contributed by atoms with Crippen LogP contribution in [0.2, 0.25) is 10.4 Å². The van der Waals surface area contributed by atoms with Crippen LogP contribution in [0.4, 0.5) is 0 Å². The number of hydrogen-bond acceptors (Lipinski definition) is 0. The van der Waals surface area contributed by atoms with E-state index < -0.39 is 13.6 Å². The molecule has 1 heteroatoms. The number of allylic oxidation sites excluding steroid dienone is 2. The summed E-state index contributed by atoms with van der Waals surface area (Å²) in [4.78, 5) is 0. The van der Waals surface area contributed by atoms with Crippen LogP contribution in [0.1, 0.15) is 47.2 Å². The second-order valence-corrected chi connectivity index (χ2v) is 15.6. The number of rotatable bonds is 2. The minimum atomic E-state index is -2.26. The van der Waals surface area contributed by atoms with Crippen LogP contribution in [0.5, 0.6) is 0 Å². The Morgan fingerprint density at radius 2 is 0.800 bits per heavy atom. The fraction of sp³-hybridized carbons (Fsp3) is 0.417. The number of benzene rings is 2. The number of aryl methyl sites for hydroxylation is 6. The molecule has 0 fully saturated rings. The van der Waals surface area contributed by atoms with Crippen LogP contribution in [0.3, 0.4) is 0 Å². The summed E-state index contributed by atoms with van der Waals surface area (Å²) in [5.74, 6) is 0. The van der Waals surface area contributed by atoms with E-state index in [2.05, 4.69) is 79.7 Å². The van der Waals surface area contributed by atoms with Crippen LogP contribution < -0.4 is 8.70 Å². The Balaban J connectivity index is 2.36. The zero-order valence-corrected chi connectivity index (χ0v) is 19.0. The van der Waals surface area contributed by atoms with E-state index in [0.717, 1.165) is 0 Å². The van der Waals surface area contributed by atoms with Crippen molar-refractivity contribution < 1.29 is 0 Å². The van der Waals surface area contributed by atoms with Crippen molar-refractivity contribution in [2.75, 3.05) is 0 Å². The SMILES string of the molecule is CC1=C(C)C[As+](c2c(C)cc(C)cc2C)(c2c(C)cc(C)cc2C)C1. The summed E-state index contributed by atoms with van der Waals surface area (Å²) < 4.78 is 3.46. The molecule has 25 heavy (non-hydrogen) atoms. The fourth-order valence-corrected chi connectivity index (χ4v) is 18.0. The van der Waals surface area contributed by atoms with Crippen molar-refractivity contribution in [3.05, 3.63) is 68.8 Å². The normalized spacial score (nSPS) is 16.6. The molecule has 0 N–H and O–H groups in total. The average molecular weight is 395 g/mol. The summed E-state index contributed by atoms with van der Waals surface area (Å²) in [6.45, 7) is 18.6. The maximum atomic E-state index is 2.41. The van der Waals surface area contributed by atoms with Gasteiger partial charge >= 0.3 is 157 Å². The predicted molar refractivity (Wildman–Crippen MR) is 114 cm³/mol. The van der Waals surface area contributed by atoms with Gasteiger partial charge in [-0.05, 0) is 0 Å². The van der Waals surface area contributed by atoms with Crippen molar-refractivity contribution in [2.24, 2.45) is 0 Å². The summed E-state index contributed by atoms with van der Waals surface area (Å²) in [5, 5.41) is 2.64. The van der Waals surface area contributed by atoms with Crippen LogP contribution >= 0.6 is 0 Å². The molecule has 0 atom stereocenters. The molecule has 0 bridgehead atoms. The van der Waals surface area contributed by atoms with Gasteiger partial charge in [-0.1, -0.05) is 0 Å². The Bertz CT molecular complexity index is 763. The van der Waals surface area contributed by atoms with E-state index in [9.17, 15) is 0 Å². The minimum absolute atomic E-state index is 1.32. The molecule has 0 amide bonds.